The minimum atomic E-state index is -0.413. The standard InChI is InChI=1S/C14H11ClFN5/c1-8-2-3-12(16)13(4-8)21-14(18-19-20-21)9-5-10(15)7-11(17)6-9/h2-7H,17H2,1H3. The van der Waals surface area contributed by atoms with Gasteiger partial charge in [0, 0.05) is 16.3 Å². The average Bonchev–Trinajstić information content (AvgIpc) is 2.89. The minimum absolute atomic E-state index is 0.272. The van der Waals surface area contributed by atoms with Gasteiger partial charge in [0.15, 0.2) is 5.82 Å². The van der Waals surface area contributed by atoms with Gasteiger partial charge in [-0.25, -0.2) is 4.39 Å². The number of hydrogen-bond donors (Lipinski definition) is 1. The van der Waals surface area contributed by atoms with E-state index in [1.54, 1.807) is 30.3 Å². The van der Waals surface area contributed by atoms with Gasteiger partial charge in [-0.15, -0.1) is 5.10 Å². The molecule has 3 rings (SSSR count). The van der Waals surface area contributed by atoms with Gasteiger partial charge in [0.2, 0.25) is 0 Å². The number of anilines is 1. The molecule has 0 amide bonds. The van der Waals surface area contributed by atoms with Crippen LogP contribution in [0.2, 0.25) is 5.02 Å². The quantitative estimate of drug-likeness (QED) is 0.739. The molecular formula is C14H11ClFN5. The van der Waals surface area contributed by atoms with Gasteiger partial charge in [-0.3, -0.25) is 0 Å². The van der Waals surface area contributed by atoms with E-state index in [1.807, 2.05) is 6.92 Å². The first kappa shape index (κ1) is 13.5. The number of tetrazole rings is 1. The van der Waals surface area contributed by atoms with Crippen LogP contribution in [0.3, 0.4) is 0 Å². The van der Waals surface area contributed by atoms with Gasteiger partial charge < -0.3 is 5.73 Å². The van der Waals surface area contributed by atoms with E-state index in [0.717, 1.165) is 5.56 Å². The fourth-order valence-electron chi connectivity index (χ4n) is 2.06. The van der Waals surface area contributed by atoms with Gasteiger partial charge in [-0.1, -0.05) is 17.7 Å². The van der Waals surface area contributed by atoms with Gasteiger partial charge in [-0.2, -0.15) is 4.68 Å². The molecule has 0 fully saturated rings. The van der Waals surface area contributed by atoms with Crippen LogP contribution >= 0.6 is 11.6 Å². The number of nitrogens with two attached hydrogens (primary N) is 1. The maximum atomic E-state index is 14.0. The second-order valence-corrected chi connectivity index (χ2v) is 5.08. The van der Waals surface area contributed by atoms with E-state index < -0.39 is 5.82 Å². The smallest absolute Gasteiger partial charge is 0.187 e. The molecule has 0 aliphatic rings. The Bertz CT molecular complexity index is 795. The van der Waals surface area contributed by atoms with Crippen molar-refractivity contribution < 1.29 is 4.39 Å². The summed E-state index contributed by atoms with van der Waals surface area (Å²) in [4.78, 5) is 0. The highest BCUT2D eigenvalue weighted by Gasteiger charge is 2.15. The molecule has 2 aromatic carbocycles. The Labute approximate surface area is 125 Å². The maximum Gasteiger partial charge on any atom is 0.187 e. The fourth-order valence-corrected chi connectivity index (χ4v) is 2.30. The molecule has 0 saturated heterocycles. The van der Waals surface area contributed by atoms with Crippen LogP contribution in [0.4, 0.5) is 10.1 Å². The number of aryl methyl sites for hydroxylation is 1. The summed E-state index contributed by atoms with van der Waals surface area (Å²) in [6, 6.07) is 9.70. The summed E-state index contributed by atoms with van der Waals surface area (Å²) in [5.74, 6) is -0.0437. The number of halogens is 2. The van der Waals surface area contributed by atoms with Crippen LogP contribution in [0.25, 0.3) is 17.1 Å². The molecule has 0 spiro atoms. The lowest BCUT2D eigenvalue weighted by molar-refractivity contribution is 0.607. The Morgan fingerprint density at radius 3 is 2.76 bits per heavy atom. The van der Waals surface area contributed by atoms with Crippen molar-refractivity contribution >= 4 is 17.3 Å². The molecule has 0 saturated carbocycles. The molecule has 0 radical (unpaired) electrons. The lowest BCUT2D eigenvalue weighted by Gasteiger charge is -2.07. The van der Waals surface area contributed by atoms with Crippen molar-refractivity contribution in [2.75, 3.05) is 5.73 Å². The highest BCUT2D eigenvalue weighted by atomic mass is 35.5. The van der Waals surface area contributed by atoms with Crippen molar-refractivity contribution in [1.82, 2.24) is 20.2 Å². The summed E-state index contributed by atoms with van der Waals surface area (Å²) in [6.45, 7) is 1.87. The SMILES string of the molecule is Cc1ccc(F)c(-n2nnnc2-c2cc(N)cc(Cl)c2)c1. The predicted octanol–water partition coefficient (Wildman–Crippen LogP) is 3.01. The zero-order valence-electron chi connectivity index (χ0n) is 11.1. The van der Waals surface area contributed by atoms with Crippen molar-refractivity contribution in [2.45, 2.75) is 6.92 Å². The van der Waals surface area contributed by atoms with E-state index in [1.165, 1.54) is 10.7 Å². The van der Waals surface area contributed by atoms with Crippen LogP contribution in [-0.4, -0.2) is 20.2 Å². The zero-order valence-corrected chi connectivity index (χ0v) is 11.8. The number of nitrogens with zero attached hydrogens (tertiary/aromatic N) is 4. The fraction of sp³-hybridized carbons (Fsp3) is 0.0714. The van der Waals surface area contributed by atoms with Crippen LogP contribution in [-0.2, 0) is 0 Å². The Kier molecular flexibility index (Phi) is 3.31. The van der Waals surface area contributed by atoms with E-state index in [-0.39, 0.29) is 5.69 Å². The van der Waals surface area contributed by atoms with Crippen molar-refractivity contribution in [2.24, 2.45) is 0 Å². The van der Waals surface area contributed by atoms with Crippen LogP contribution in [0.5, 0.6) is 0 Å². The summed E-state index contributed by atoms with van der Waals surface area (Å²) in [6.07, 6.45) is 0. The van der Waals surface area contributed by atoms with Crippen molar-refractivity contribution in [3.8, 4) is 17.1 Å². The molecule has 0 unspecified atom stereocenters. The summed E-state index contributed by atoms with van der Waals surface area (Å²) in [5, 5.41) is 11.9. The molecule has 21 heavy (non-hydrogen) atoms. The molecule has 2 N–H and O–H groups in total. The first-order chi connectivity index (χ1) is 10.0. The van der Waals surface area contributed by atoms with E-state index in [2.05, 4.69) is 15.5 Å². The normalized spacial score (nSPS) is 10.8. The zero-order chi connectivity index (χ0) is 15.0. The average molecular weight is 304 g/mol. The third-order valence-electron chi connectivity index (χ3n) is 2.98. The third-order valence-corrected chi connectivity index (χ3v) is 3.20. The van der Waals surface area contributed by atoms with Gasteiger partial charge >= 0.3 is 0 Å². The van der Waals surface area contributed by atoms with Gasteiger partial charge in [0.1, 0.15) is 11.5 Å². The minimum Gasteiger partial charge on any atom is -0.399 e. The summed E-state index contributed by atoms with van der Waals surface area (Å²) >= 11 is 5.99. The van der Waals surface area contributed by atoms with E-state index >= 15 is 0 Å². The second-order valence-electron chi connectivity index (χ2n) is 4.64. The lowest BCUT2D eigenvalue weighted by Crippen LogP contribution is -2.03. The lowest BCUT2D eigenvalue weighted by atomic mass is 10.1. The number of nitrogen functional groups attached to an aromatic ring is 1. The third kappa shape index (κ3) is 2.57. The molecule has 0 aliphatic carbocycles. The van der Waals surface area contributed by atoms with Crippen molar-refractivity contribution in [3.63, 3.8) is 0 Å². The van der Waals surface area contributed by atoms with E-state index in [0.29, 0.717) is 22.1 Å². The largest absolute Gasteiger partial charge is 0.399 e. The number of hydrogen-bond acceptors (Lipinski definition) is 4. The summed E-state index contributed by atoms with van der Waals surface area (Å²) in [7, 11) is 0. The van der Waals surface area contributed by atoms with Crippen LogP contribution in [0.15, 0.2) is 36.4 Å². The molecule has 1 aromatic heterocycles. The molecule has 0 atom stereocenters. The summed E-state index contributed by atoms with van der Waals surface area (Å²) < 4.78 is 15.3. The Hall–Kier alpha value is -2.47. The van der Waals surface area contributed by atoms with Gasteiger partial charge in [0.25, 0.3) is 0 Å². The molecule has 1 heterocycles. The Balaban J connectivity index is 2.19. The highest BCUT2D eigenvalue weighted by Crippen LogP contribution is 2.26. The first-order valence-electron chi connectivity index (χ1n) is 6.16. The van der Waals surface area contributed by atoms with E-state index in [9.17, 15) is 4.39 Å². The van der Waals surface area contributed by atoms with Gasteiger partial charge in [-0.05, 0) is 53.2 Å². The Morgan fingerprint density at radius 1 is 1.19 bits per heavy atom. The molecule has 0 bridgehead atoms. The monoisotopic (exact) mass is 303 g/mol. The molecular weight excluding hydrogens is 293 g/mol. The second kappa shape index (κ2) is 5.14. The molecule has 7 heteroatoms. The van der Waals surface area contributed by atoms with Crippen molar-refractivity contribution in [1.29, 1.82) is 0 Å². The topological polar surface area (TPSA) is 69.6 Å². The van der Waals surface area contributed by atoms with Gasteiger partial charge in [0.05, 0.1) is 0 Å². The number of rotatable bonds is 2. The summed E-state index contributed by atoms with van der Waals surface area (Å²) in [5.41, 5.74) is 8.04. The number of aromatic nitrogens is 4. The van der Waals surface area contributed by atoms with Crippen LogP contribution < -0.4 is 5.73 Å². The van der Waals surface area contributed by atoms with Crippen LogP contribution in [0.1, 0.15) is 5.56 Å². The maximum absolute atomic E-state index is 14.0. The van der Waals surface area contributed by atoms with Crippen LogP contribution in [0, 0.1) is 12.7 Å². The molecule has 0 aliphatic heterocycles. The van der Waals surface area contributed by atoms with E-state index in [4.69, 9.17) is 17.3 Å². The van der Waals surface area contributed by atoms with Crippen molar-refractivity contribution in [3.05, 3.63) is 52.8 Å². The Morgan fingerprint density at radius 2 is 2.00 bits per heavy atom. The number of benzene rings is 2. The molecule has 5 nitrogen and oxygen atoms in total. The molecule has 3 aromatic rings. The first-order valence-corrected chi connectivity index (χ1v) is 6.54. The molecule has 106 valence electrons. The highest BCUT2D eigenvalue weighted by molar-refractivity contribution is 6.31. The predicted molar refractivity (Wildman–Crippen MR) is 78.7 cm³/mol.